The number of ether oxygens (including phenoxy) is 3. The van der Waals surface area contributed by atoms with E-state index in [-0.39, 0.29) is 11.7 Å². The van der Waals surface area contributed by atoms with Crippen molar-refractivity contribution in [2.45, 2.75) is 24.9 Å². The first-order chi connectivity index (χ1) is 10.6. The fourth-order valence-electron chi connectivity index (χ4n) is 3.54. The first kappa shape index (κ1) is 15.3. The molecule has 2 unspecified atom stereocenters. The molecule has 2 fully saturated rings. The van der Waals surface area contributed by atoms with E-state index in [1.54, 1.807) is 26.4 Å². The van der Waals surface area contributed by atoms with Gasteiger partial charge in [-0.3, -0.25) is 9.69 Å². The van der Waals surface area contributed by atoms with Gasteiger partial charge in [0, 0.05) is 18.0 Å². The quantitative estimate of drug-likeness (QED) is 0.796. The Kier molecular flexibility index (Phi) is 4.36. The van der Waals surface area contributed by atoms with Gasteiger partial charge < -0.3 is 14.2 Å². The molecule has 2 heterocycles. The van der Waals surface area contributed by atoms with Gasteiger partial charge in [-0.05, 0) is 38.1 Å². The third-order valence-electron chi connectivity index (χ3n) is 4.93. The molecule has 0 spiro atoms. The van der Waals surface area contributed by atoms with Gasteiger partial charge in [0.2, 0.25) is 0 Å². The van der Waals surface area contributed by atoms with Crippen LogP contribution in [0.3, 0.4) is 0 Å². The summed E-state index contributed by atoms with van der Waals surface area (Å²) in [5.41, 5.74) is 0.621. The number of carbonyl (C=O) groups excluding carboxylic acids is 1. The third-order valence-corrected chi connectivity index (χ3v) is 4.93. The molecular formula is C17H23NO4. The smallest absolute Gasteiger partial charge is 0.169 e. The van der Waals surface area contributed by atoms with E-state index in [0.717, 1.165) is 12.8 Å². The number of likely N-dealkylation sites (N-methyl/N-ethyl adjacent to an activating group) is 1. The monoisotopic (exact) mass is 305 g/mol. The molecule has 2 aliphatic heterocycles. The standard InChI is InChI=1S/C17H23NO4/c1-18-12-6-11(7-13(18)10-22-9-12)17(19)15-8-14(20-2)4-5-16(15)21-3/h4-5,8,11-13H,6-7,9-10H2,1-3H3. The maximum Gasteiger partial charge on any atom is 0.169 e. The van der Waals surface area contributed by atoms with Gasteiger partial charge in [-0.1, -0.05) is 0 Å². The zero-order chi connectivity index (χ0) is 15.7. The maximum atomic E-state index is 13.0. The number of hydrogen-bond acceptors (Lipinski definition) is 5. The molecule has 0 saturated carbocycles. The van der Waals surface area contributed by atoms with Gasteiger partial charge in [0.1, 0.15) is 11.5 Å². The van der Waals surface area contributed by atoms with Crippen LogP contribution in [0.1, 0.15) is 23.2 Å². The predicted molar refractivity (Wildman–Crippen MR) is 82.8 cm³/mol. The van der Waals surface area contributed by atoms with Crippen molar-refractivity contribution in [1.29, 1.82) is 0 Å². The number of nitrogens with zero attached hydrogens (tertiary/aromatic N) is 1. The minimum atomic E-state index is 0.0242. The van der Waals surface area contributed by atoms with Gasteiger partial charge in [0.25, 0.3) is 0 Å². The van der Waals surface area contributed by atoms with E-state index in [0.29, 0.717) is 42.4 Å². The molecule has 0 aliphatic carbocycles. The van der Waals surface area contributed by atoms with Crippen molar-refractivity contribution in [1.82, 2.24) is 4.90 Å². The Balaban J connectivity index is 1.85. The second-order valence-corrected chi connectivity index (χ2v) is 6.11. The van der Waals surface area contributed by atoms with Crippen LogP contribution in [0.4, 0.5) is 0 Å². The van der Waals surface area contributed by atoms with E-state index in [9.17, 15) is 4.79 Å². The van der Waals surface area contributed by atoms with E-state index >= 15 is 0 Å². The lowest BCUT2D eigenvalue weighted by Crippen LogP contribution is -2.55. The molecule has 1 aromatic rings. The first-order valence-electron chi connectivity index (χ1n) is 7.70. The molecule has 5 nitrogen and oxygen atoms in total. The Hall–Kier alpha value is -1.59. The predicted octanol–water partition coefficient (Wildman–Crippen LogP) is 2.00. The number of benzene rings is 1. The molecule has 5 heteroatoms. The number of hydrogen-bond donors (Lipinski definition) is 0. The SMILES string of the molecule is COc1ccc(OC)c(C(=O)C2CC3COCC(C2)N3C)c1. The summed E-state index contributed by atoms with van der Waals surface area (Å²) in [5, 5.41) is 0. The highest BCUT2D eigenvalue weighted by atomic mass is 16.5. The third kappa shape index (κ3) is 2.71. The summed E-state index contributed by atoms with van der Waals surface area (Å²) in [6, 6.07) is 6.06. The van der Waals surface area contributed by atoms with Gasteiger partial charge in [-0.25, -0.2) is 0 Å². The summed E-state index contributed by atoms with van der Waals surface area (Å²) in [4.78, 5) is 15.3. The van der Waals surface area contributed by atoms with Crippen molar-refractivity contribution >= 4 is 5.78 Å². The maximum absolute atomic E-state index is 13.0. The molecule has 0 N–H and O–H groups in total. The number of rotatable bonds is 4. The number of carbonyl (C=O) groups is 1. The van der Waals surface area contributed by atoms with Crippen LogP contribution in [0, 0.1) is 5.92 Å². The molecule has 2 aliphatic rings. The molecule has 3 rings (SSSR count). The second kappa shape index (κ2) is 6.26. The van der Waals surface area contributed by atoms with Crippen LogP contribution in [0.2, 0.25) is 0 Å². The van der Waals surface area contributed by atoms with Crippen molar-refractivity contribution in [2.75, 3.05) is 34.5 Å². The number of piperidine rings is 1. The highest BCUT2D eigenvalue weighted by molar-refractivity contribution is 6.00. The van der Waals surface area contributed by atoms with Gasteiger partial charge in [0.05, 0.1) is 33.0 Å². The van der Waals surface area contributed by atoms with Gasteiger partial charge in [0.15, 0.2) is 5.78 Å². The zero-order valence-corrected chi connectivity index (χ0v) is 13.4. The van der Waals surface area contributed by atoms with E-state index < -0.39 is 0 Å². The average molecular weight is 305 g/mol. The van der Waals surface area contributed by atoms with E-state index in [1.165, 1.54) is 0 Å². The summed E-state index contributed by atoms with van der Waals surface area (Å²) in [5.74, 6) is 1.48. The Labute approximate surface area is 131 Å². The van der Waals surface area contributed by atoms with Crippen LogP contribution in [0.25, 0.3) is 0 Å². The summed E-state index contributed by atoms with van der Waals surface area (Å²) in [6.07, 6.45) is 1.68. The molecule has 2 bridgehead atoms. The number of fused-ring (bicyclic) bond motifs is 2. The van der Waals surface area contributed by atoms with E-state index in [4.69, 9.17) is 14.2 Å². The van der Waals surface area contributed by atoms with E-state index in [1.807, 2.05) is 6.07 Å². The van der Waals surface area contributed by atoms with Gasteiger partial charge in [-0.15, -0.1) is 0 Å². The van der Waals surface area contributed by atoms with Gasteiger partial charge >= 0.3 is 0 Å². The fraction of sp³-hybridized carbons (Fsp3) is 0.588. The number of ketones is 1. The Morgan fingerprint density at radius 1 is 1.18 bits per heavy atom. The summed E-state index contributed by atoms with van der Waals surface area (Å²) in [6.45, 7) is 1.43. The Bertz CT molecular complexity index is 546. The molecule has 2 saturated heterocycles. The van der Waals surface area contributed by atoms with Crippen molar-refractivity contribution in [3.63, 3.8) is 0 Å². The largest absolute Gasteiger partial charge is 0.497 e. The lowest BCUT2D eigenvalue weighted by molar-refractivity contribution is -0.0702. The number of morpholine rings is 1. The molecule has 0 radical (unpaired) electrons. The van der Waals surface area contributed by atoms with Crippen LogP contribution in [-0.2, 0) is 4.74 Å². The van der Waals surface area contributed by atoms with Gasteiger partial charge in [-0.2, -0.15) is 0 Å². The Morgan fingerprint density at radius 3 is 2.45 bits per heavy atom. The normalized spacial score (nSPS) is 28.2. The highest BCUT2D eigenvalue weighted by Gasteiger charge is 2.40. The van der Waals surface area contributed by atoms with Crippen LogP contribution in [0.15, 0.2) is 18.2 Å². The lowest BCUT2D eigenvalue weighted by atomic mass is 9.81. The average Bonchev–Trinajstić information content (AvgIpc) is 2.53. The number of methoxy groups -OCH3 is 2. The van der Waals surface area contributed by atoms with Crippen molar-refractivity contribution in [3.8, 4) is 11.5 Å². The minimum Gasteiger partial charge on any atom is -0.497 e. The summed E-state index contributed by atoms with van der Waals surface area (Å²) >= 11 is 0. The number of Topliss-reactive ketones (excluding diaryl/α,β-unsaturated/α-hetero) is 1. The molecule has 1 aromatic carbocycles. The van der Waals surface area contributed by atoms with Crippen molar-refractivity contribution in [3.05, 3.63) is 23.8 Å². The topological polar surface area (TPSA) is 48.0 Å². The lowest BCUT2D eigenvalue weighted by Gasteiger charge is -2.46. The second-order valence-electron chi connectivity index (χ2n) is 6.11. The van der Waals surface area contributed by atoms with Crippen LogP contribution in [-0.4, -0.2) is 57.2 Å². The van der Waals surface area contributed by atoms with Crippen LogP contribution in [0.5, 0.6) is 11.5 Å². The van der Waals surface area contributed by atoms with Crippen LogP contribution >= 0.6 is 0 Å². The summed E-state index contributed by atoms with van der Waals surface area (Å²) < 4.78 is 16.2. The molecular weight excluding hydrogens is 282 g/mol. The minimum absolute atomic E-state index is 0.0242. The molecule has 0 amide bonds. The molecule has 0 aromatic heterocycles. The van der Waals surface area contributed by atoms with E-state index in [2.05, 4.69) is 11.9 Å². The molecule has 22 heavy (non-hydrogen) atoms. The summed E-state index contributed by atoms with van der Waals surface area (Å²) in [7, 11) is 5.33. The molecule has 2 atom stereocenters. The Morgan fingerprint density at radius 2 is 1.86 bits per heavy atom. The van der Waals surface area contributed by atoms with Crippen molar-refractivity contribution < 1.29 is 19.0 Å². The first-order valence-corrected chi connectivity index (χ1v) is 7.70. The van der Waals surface area contributed by atoms with Crippen molar-refractivity contribution in [2.24, 2.45) is 5.92 Å². The van der Waals surface area contributed by atoms with Crippen LogP contribution < -0.4 is 9.47 Å². The zero-order valence-electron chi connectivity index (χ0n) is 13.4. The molecule has 120 valence electrons. The highest BCUT2D eigenvalue weighted by Crippen LogP contribution is 2.35. The fourth-order valence-corrected chi connectivity index (χ4v) is 3.54.